The molecule has 0 atom stereocenters. The summed E-state index contributed by atoms with van der Waals surface area (Å²) in [6.45, 7) is 0. The van der Waals surface area contributed by atoms with Crippen molar-refractivity contribution in [1.29, 1.82) is 0 Å². The summed E-state index contributed by atoms with van der Waals surface area (Å²) >= 11 is 2.96. The van der Waals surface area contributed by atoms with Crippen molar-refractivity contribution in [2.24, 2.45) is 0 Å². The molecule has 0 aliphatic carbocycles. The molecule has 2 N–H and O–H groups in total. The summed E-state index contributed by atoms with van der Waals surface area (Å²) in [6.07, 6.45) is 1.52. The van der Waals surface area contributed by atoms with Crippen LogP contribution in [-0.2, 0) is 0 Å². The Morgan fingerprint density at radius 3 is 2.89 bits per heavy atom. The van der Waals surface area contributed by atoms with E-state index in [4.69, 9.17) is 5.11 Å². The largest absolute Gasteiger partial charge is 0.492 e. The average molecular weight is 189 g/mol. The van der Waals surface area contributed by atoms with Crippen LogP contribution in [-0.4, -0.2) is 10.1 Å². The summed E-state index contributed by atoms with van der Waals surface area (Å²) in [4.78, 5) is 3.61. The predicted molar refractivity (Wildman–Crippen MR) is 38.5 cm³/mol. The van der Waals surface area contributed by atoms with E-state index in [0.717, 1.165) is 0 Å². The van der Waals surface area contributed by atoms with Gasteiger partial charge in [0.05, 0.1) is 0 Å². The minimum Gasteiger partial charge on any atom is -0.492 e. The van der Waals surface area contributed by atoms with Crippen molar-refractivity contribution >= 4 is 21.8 Å². The van der Waals surface area contributed by atoms with E-state index in [2.05, 4.69) is 25.5 Å². The monoisotopic (exact) mass is 188 g/mol. The number of aromatic nitrogens is 1. The normalized spacial score (nSPS) is 9.00. The second-order valence-corrected chi connectivity index (χ2v) is 1.87. The van der Waals surface area contributed by atoms with E-state index in [-0.39, 0.29) is 5.88 Å². The summed E-state index contributed by atoms with van der Waals surface area (Å²) in [5.41, 5.74) is 0.567. The maximum Gasteiger partial charge on any atom is 0.235 e. The zero-order valence-corrected chi connectivity index (χ0v) is 6.09. The zero-order valence-electron chi connectivity index (χ0n) is 4.50. The first-order valence-electron chi connectivity index (χ1n) is 2.35. The third kappa shape index (κ3) is 1.32. The maximum absolute atomic E-state index is 8.91. The Morgan fingerprint density at radius 2 is 2.44 bits per heavy atom. The van der Waals surface area contributed by atoms with Crippen molar-refractivity contribution in [2.75, 3.05) is 4.34 Å². The first-order valence-corrected chi connectivity index (χ1v) is 3.14. The molecule has 0 aromatic carbocycles. The molecule has 1 heterocycles. The van der Waals surface area contributed by atoms with Crippen LogP contribution in [0.1, 0.15) is 0 Å². The van der Waals surface area contributed by atoms with E-state index in [1.807, 2.05) is 0 Å². The first-order chi connectivity index (χ1) is 4.34. The van der Waals surface area contributed by atoms with Crippen LogP contribution in [0.3, 0.4) is 0 Å². The van der Waals surface area contributed by atoms with Gasteiger partial charge >= 0.3 is 0 Å². The third-order valence-electron chi connectivity index (χ3n) is 0.888. The number of aromatic hydroxyl groups is 1. The van der Waals surface area contributed by atoms with Crippen molar-refractivity contribution in [2.45, 2.75) is 0 Å². The minimum absolute atomic E-state index is 0.00521. The van der Waals surface area contributed by atoms with Gasteiger partial charge in [-0.15, -0.1) is 0 Å². The predicted octanol–water partition coefficient (Wildman–Crippen LogP) is 1.51. The number of hydrogen-bond acceptors (Lipinski definition) is 3. The molecule has 9 heavy (non-hydrogen) atoms. The highest BCUT2D eigenvalue weighted by Gasteiger charge is 1.94. The molecular formula is C5H5BrN2O. The Balaban J connectivity index is 3.01. The van der Waals surface area contributed by atoms with Gasteiger partial charge in [0.2, 0.25) is 5.88 Å². The summed E-state index contributed by atoms with van der Waals surface area (Å²) < 4.78 is 2.60. The molecule has 0 aliphatic heterocycles. The van der Waals surface area contributed by atoms with Gasteiger partial charge < -0.3 is 9.45 Å². The van der Waals surface area contributed by atoms with Crippen LogP contribution in [0.5, 0.6) is 5.88 Å². The van der Waals surface area contributed by atoms with Gasteiger partial charge in [0.1, 0.15) is 5.69 Å². The van der Waals surface area contributed by atoms with Crippen molar-refractivity contribution in [1.82, 2.24) is 4.98 Å². The highest BCUT2D eigenvalue weighted by molar-refractivity contribution is 9.10. The Morgan fingerprint density at radius 1 is 1.67 bits per heavy atom. The van der Waals surface area contributed by atoms with Crippen molar-refractivity contribution < 1.29 is 5.11 Å². The topological polar surface area (TPSA) is 45.2 Å². The number of nitrogens with zero attached hydrogens (tertiary/aromatic N) is 1. The van der Waals surface area contributed by atoms with E-state index in [9.17, 15) is 0 Å². The fraction of sp³-hybridized carbons (Fsp3) is 0. The molecule has 0 aliphatic rings. The molecule has 48 valence electrons. The molecule has 3 nitrogen and oxygen atoms in total. The van der Waals surface area contributed by atoms with Gasteiger partial charge in [-0.2, -0.15) is 0 Å². The highest BCUT2D eigenvalue weighted by atomic mass is 79.9. The summed E-state index contributed by atoms with van der Waals surface area (Å²) in [5.74, 6) is -0.00521. The number of pyridine rings is 1. The minimum atomic E-state index is -0.00521. The van der Waals surface area contributed by atoms with Crippen LogP contribution in [0, 0.1) is 0 Å². The summed E-state index contributed by atoms with van der Waals surface area (Å²) in [5, 5.41) is 8.91. The maximum atomic E-state index is 8.91. The fourth-order valence-corrected chi connectivity index (χ4v) is 0.780. The number of halogens is 1. The number of hydrogen-bond donors (Lipinski definition) is 2. The molecular weight excluding hydrogens is 184 g/mol. The molecule has 1 rings (SSSR count). The lowest BCUT2D eigenvalue weighted by atomic mass is 10.4. The molecule has 0 saturated carbocycles. The Hall–Kier alpha value is -0.770. The third-order valence-corrected chi connectivity index (χ3v) is 1.32. The Bertz CT molecular complexity index is 204. The standard InChI is InChI=1S/C5H5BrN2O/c6-8-4-2-1-3-7-5(4)9/h1-3,8H,(H,7,9). The molecule has 0 spiro atoms. The van der Waals surface area contributed by atoms with E-state index in [1.165, 1.54) is 6.20 Å². The molecule has 0 saturated heterocycles. The van der Waals surface area contributed by atoms with Gasteiger partial charge in [-0.3, -0.25) is 0 Å². The average Bonchev–Trinajstić information content (AvgIpc) is 1.89. The second-order valence-electron chi connectivity index (χ2n) is 1.47. The molecule has 0 bridgehead atoms. The van der Waals surface area contributed by atoms with Gasteiger partial charge in [0, 0.05) is 22.3 Å². The number of anilines is 1. The van der Waals surface area contributed by atoms with Crippen molar-refractivity contribution in [3.05, 3.63) is 18.3 Å². The Kier molecular flexibility index (Phi) is 1.89. The van der Waals surface area contributed by atoms with Gasteiger partial charge in [-0.1, -0.05) is 0 Å². The molecule has 0 radical (unpaired) electrons. The van der Waals surface area contributed by atoms with Crippen LogP contribution in [0.25, 0.3) is 0 Å². The highest BCUT2D eigenvalue weighted by Crippen LogP contribution is 2.18. The van der Waals surface area contributed by atoms with Gasteiger partial charge in [0.25, 0.3) is 0 Å². The number of nitrogens with one attached hydrogen (secondary N) is 1. The summed E-state index contributed by atoms with van der Waals surface area (Å²) in [7, 11) is 0. The lowest BCUT2D eigenvalue weighted by Crippen LogP contribution is -1.81. The van der Waals surface area contributed by atoms with Crippen LogP contribution in [0.4, 0.5) is 5.69 Å². The molecule has 0 amide bonds. The molecule has 0 fully saturated rings. The quantitative estimate of drug-likeness (QED) is 0.658. The molecule has 1 aromatic heterocycles. The van der Waals surface area contributed by atoms with Gasteiger partial charge in [0.15, 0.2) is 0 Å². The Labute approximate surface area is 61.1 Å². The molecule has 0 unspecified atom stereocenters. The second kappa shape index (κ2) is 2.68. The summed E-state index contributed by atoms with van der Waals surface area (Å²) in [6, 6.07) is 3.43. The van der Waals surface area contributed by atoms with E-state index < -0.39 is 0 Å². The van der Waals surface area contributed by atoms with Gasteiger partial charge in [-0.25, -0.2) is 4.98 Å². The van der Waals surface area contributed by atoms with Crippen LogP contribution >= 0.6 is 16.1 Å². The molecule has 1 aromatic rings. The van der Waals surface area contributed by atoms with Crippen molar-refractivity contribution in [3.8, 4) is 5.88 Å². The van der Waals surface area contributed by atoms with Crippen molar-refractivity contribution in [3.63, 3.8) is 0 Å². The zero-order chi connectivity index (χ0) is 6.69. The number of rotatable bonds is 1. The smallest absolute Gasteiger partial charge is 0.235 e. The fourth-order valence-electron chi connectivity index (χ4n) is 0.471. The van der Waals surface area contributed by atoms with Crippen LogP contribution < -0.4 is 4.34 Å². The van der Waals surface area contributed by atoms with E-state index in [0.29, 0.717) is 5.69 Å². The SMILES string of the molecule is Oc1ncccc1NBr. The van der Waals surface area contributed by atoms with E-state index >= 15 is 0 Å². The lowest BCUT2D eigenvalue weighted by Gasteiger charge is -1.96. The molecule has 4 heteroatoms. The first kappa shape index (κ1) is 6.35. The van der Waals surface area contributed by atoms with E-state index in [1.54, 1.807) is 12.1 Å². The van der Waals surface area contributed by atoms with Crippen LogP contribution in [0.15, 0.2) is 18.3 Å². The van der Waals surface area contributed by atoms with Gasteiger partial charge in [-0.05, 0) is 12.1 Å². The lowest BCUT2D eigenvalue weighted by molar-refractivity contribution is 0.456. The van der Waals surface area contributed by atoms with Crippen LogP contribution in [0.2, 0.25) is 0 Å².